The molecule has 0 aliphatic carbocycles. The molecule has 0 aromatic rings. The largest absolute Gasteiger partial charge is 0.481 e. The van der Waals surface area contributed by atoms with Crippen molar-refractivity contribution in [3.8, 4) is 0 Å². The molecule has 2 aliphatic heterocycles. The molecule has 0 radical (unpaired) electrons. The van der Waals surface area contributed by atoms with Gasteiger partial charge in [-0.3, -0.25) is 4.79 Å². The average molecular weight is 298 g/mol. The SMILES string of the molecule is CC(C)C[C@H](CNC(=O)N1CC2CCC(C1)O2)CC(=O)O. The molecule has 0 spiro atoms. The van der Waals surface area contributed by atoms with Crippen LogP contribution in [0.15, 0.2) is 0 Å². The standard InChI is InChI=1S/C15H26N2O4/c1-10(2)5-11(6-14(18)19)7-16-15(20)17-8-12-3-4-13(9-17)21-12/h10-13H,3-9H2,1-2H3,(H,16,20)(H,18,19)/t11-,12?,13?/m0/s1. The minimum atomic E-state index is -0.806. The van der Waals surface area contributed by atoms with Crippen molar-refractivity contribution >= 4 is 12.0 Å². The molecule has 2 rings (SSSR count). The maximum absolute atomic E-state index is 12.2. The van der Waals surface area contributed by atoms with E-state index in [2.05, 4.69) is 19.2 Å². The second-order valence-corrected chi connectivity index (χ2v) is 6.64. The van der Waals surface area contributed by atoms with E-state index >= 15 is 0 Å². The molecule has 0 aromatic carbocycles. The van der Waals surface area contributed by atoms with Gasteiger partial charge < -0.3 is 20.1 Å². The Morgan fingerprint density at radius 1 is 1.29 bits per heavy atom. The van der Waals surface area contributed by atoms with Crippen molar-refractivity contribution in [3.05, 3.63) is 0 Å². The number of hydrogen-bond donors (Lipinski definition) is 2. The van der Waals surface area contributed by atoms with Gasteiger partial charge in [-0.2, -0.15) is 0 Å². The van der Waals surface area contributed by atoms with E-state index in [4.69, 9.17) is 9.84 Å². The lowest BCUT2D eigenvalue weighted by Crippen LogP contribution is -2.50. The van der Waals surface area contributed by atoms with E-state index in [-0.39, 0.29) is 30.6 Å². The summed E-state index contributed by atoms with van der Waals surface area (Å²) in [5.74, 6) is -0.394. The molecule has 2 heterocycles. The first kappa shape index (κ1) is 16.1. The number of carbonyl (C=O) groups excluding carboxylic acids is 1. The first-order valence-corrected chi connectivity index (χ1v) is 7.84. The van der Waals surface area contributed by atoms with Crippen LogP contribution in [0, 0.1) is 11.8 Å². The van der Waals surface area contributed by atoms with Gasteiger partial charge in [0.05, 0.1) is 12.2 Å². The molecule has 6 nitrogen and oxygen atoms in total. The second-order valence-electron chi connectivity index (χ2n) is 6.64. The molecule has 2 saturated heterocycles. The summed E-state index contributed by atoms with van der Waals surface area (Å²) in [6.45, 7) is 5.86. The molecule has 2 unspecified atom stereocenters. The lowest BCUT2D eigenvalue weighted by molar-refractivity contribution is -0.138. The van der Waals surface area contributed by atoms with E-state index in [1.165, 1.54) is 0 Å². The topological polar surface area (TPSA) is 78.9 Å². The van der Waals surface area contributed by atoms with Gasteiger partial charge >= 0.3 is 12.0 Å². The number of nitrogens with one attached hydrogen (secondary N) is 1. The van der Waals surface area contributed by atoms with Gasteiger partial charge in [0, 0.05) is 26.1 Å². The van der Waals surface area contributed by atoms with E-state index in [9.17, 15) is 9.59 Å². The molecule has 6 heteroatoms. The fourth-order valence-electron chi connectivity index (χ4n) is 3.28. The second kappa shape index (κ2) is 7.11. The lowest BCUT2D eigenvalue weighted by atomic mass is 9.94. The summed E-state index contributed by atoms with van der Waals surface area (Å²) in [6.07, 6.45) is 3.33. The molecule has 120 valence electrons. The van der Waals surface area contributed by atoms with Crippen LogP contribution in [0.25, 0.3) is 0 Å². The molecule has 0 aromatic heterocycles. The number of carboxylic acids is 1. The molecule has 2 amide bonds. The molecular weight excluding hydrogens is 272 g/mol. The highest BCUT2D eigenvalue weighted by molar-refractivity contribution is 5.74. The molecule has 2 fully saturated rings. The van der Waals surface area contributed by atoms with Crippen LogP contribution >= 0.6 is 0 Å². The maximum Gasteiger partial charge on any atom is 0.317 e. The van der Waals surface area contributed by atoms with Crippen LogP contribution in [0.3, 0.4) is 0 Å². The molecule has 3 atom stereocenters. The van der Waals surface area contributed by atoms with E-state index in [0.29, 0.717) is 25.6 Å². The number of likely N-dealkylation sites (tertiary alicyclic amines) is 1. The predicted molar refractivity (Wildman–Crippen MR) is 78.1 cm³/mol. The smallest absolute Gasteiger partial charge is 0.317 e. The van der Waals surface area contributed by atoms with Crippen molar-refractivity contribution in [2.45, 2.75) is 51.7 Å². The number of fused-ring (bicyclic) bond motifs is 2. The number of nitrogens with zero attached hydrogens (tertiary/aromatic N) is 1. The van der Waals surface area contributed by atoms with Crippen LogP contribution in [0.2, 0.25) is 0 Å². The monoisotopic (exact) mass is 298 g/mol. The third-order valence-corrected chi connectivity index (χ3v) is 4.14. The minimum absolute atomic E-state index is 0.00999. The van der Waals surface area contributed by atoms with E-state index < -0.39 is 5.97 Å². The highest BCUT2D eigenvalue weighted by Gasteiger charge is 2.35. The number of rotatable bonds is 6. The van der Waals surface area contributed by atoms with Gasteiger partial charge in [0.25, 0.3) is 0 Å². The third kappa shape index (κ3) is 4.88. The van der Waals surface area contributed by atoms with Crippen LogP contribution in [-0.4, -0.2) is 53.8 Å². The molecule has 0 saturated carbocycles. The summed E-state index contributed by atoms with van der Waals surface area (Å²) < 4.78 is 5.71. The average Bonchev–Trinajstić information content (AvgIpc) is 2.73. The summed E-state index contributed by atoms with van der Waals surface area (Å²) in [4.78, 5) is 24.9. The van der Waals surface area contributed by atoms with E-state index in [1.807, 2.05) is 0 Å². The molecule has 2 bridgehead atoms. The van der Waals surface area contributed by atoms with Crippen molar-refractivity contribution in [1.82, 2.24) is 10.2 Å². The zero-order valence-electron chi connectivity index (χ0n) is 12.9. The highest BCUT2D eigenvalue weighted by Crippen LogP contribution is 2.26. The first-order valence-electron chi connectivity index (χ1n) is 7.84. The van der Waals surface area contributed by atoms with Gasteiger partial charge in [0.15, 0.2) is 0 Å². The van der Waals surface area contributed by atoms with Gasteiger partial charge in [-0.05, 0) is 31.1 Å². The number of morpholine rings is 1. The molecule has 2 N–H and O–H groups in total. The summed E-state index contributed by atoms with van der Waals surface area (Å²) in [7, 11) is 0. The quantitative estimate of drug-likeness (QED) is 0.782. The fraction of sp³-hybridized carbons (Fsp3) is 0.867. The summed E-state index contributed by atoms with van der Waals surface area (Å²) >= 11 is 0. The molecular formula is C15H26N2O4. The van der Waals surface area contributed by atoms with Crippen molar-refractivity contribution in [2.75, 3.05) is 19.6 Å². The van der Waals surface area contributed by atoms with Crippen LogP contribution < -0.4 is 5.32 Å². The number of carbonyl (C=O) groups is 2. The van der Waals surface area contributed by atoms with Gasteiger partial charge in [-0.25, -0.2) is 4.79 Å². The fourth-order valence-corrected chi connectivity index (χ4v) is 3.28. The van der Waals surface area contributed by atoms with Crippen molar-refractivity contribution < 1.29 is 19.4 Å². The summed E-state index contributed by atoms with van der Waals surface area (Å²) in [6, 6.07) is -0.0886. The first-order chi connectivity index (χ1) is 9.94. The van der Waals surface area contributed by atoms with Gasteiger partial charge in [-0.15, -0.1) is 0 Å². The third-order valence-electron chi connectivity index (χ3n) is 4.14. The van der Waals surface area contributed by atoms with Gasteiger partial charge in [0.2, 0.25) is 0 Å². The van der Waals surface area contributed by atoms with E-state index in [1.54, 1.807) is 4.90 Å². The van der Waals surface area contributed by atoms with Gasteiger partial charge in [-0.1, -0.05) is 13.8 Å². The van der Waals surface area contributed by atoms with Crippen LogP contribution in [0.5, 0.6) is 0 Å². The summed E-state index contributed by atoms with van der Waals surface area (Å²) in [5.41, 5.74) is 0. The minimum Gasteiger partial charge on any atom is -0.481 e. The normalized spacial score (nSPS) is 26.0. The Morgan fingerprint density at radius 3 is 2.43 bits per heavy atom. The maximum atomic E-state index is 12.2. The predicted octanol–water partition coefficient (Wildman–Crippen LogP) is 1.70. The van der Waals surface area contributed by atoms with Crippen LogP contribution in [-0.2, 0) is 9.53 Å². The van der Waals surface area contributed by atoms with Crippen molar-refractivity contribution in [3.63, 3.8) is 0 Å². The Morgan fingerprint density at radius 2 is 1.90 bits per heavy atom. The molecule has 21 heavy (non-hydrogen) atoms. The molecule has 2 aliphatic rings. The Balaban J connectivity index is 1.79. The number of hydrogen-bond acceptors (Lipinski definition) is 3. The Hall–Kier alpha value is -1.30. The Labute approximate surface area is 125 Å². The van der Waals surface area contributed by atoms with Crippen molar-refractivity contribution in [2.24, 2.45) is 11.8 Å². The number of carboxylic acid groups (broad SMARTS) is 1. The Kier molecular flexibility index (Phi) is 5.45. The van der Waals surface area contributed by atoms with Gasteiger partial charge in [0.1, 0.15) is 0 Å². The summed E-state index contributed by atoms with van der Waals surface area (Å²) in [5, 5.41) is 11.8. The van der Waals surface area contributed by atoms with Crippen LogP contribution in [0.1, 0.15) is 39.5 Å². The highest BCUT2D eigenvalue weighted by atomic mass is 16.5. The van der Waals surface area contributed by atoms with Crippen LogP contribution in [0.4, 0.5) is 4.79 Å². The van der Waals surface area contributed by atoms with E-state index in [0.717, 1.165) is 19.3 Å². The number of aliphatic carboxylic acids is 1. The Bertz CT molecular complexity index is 374. The zero-order valence-corrected chi connectivity index (χ0v) is 12.9. The zero-order chi connectivity index (χ0) is 15.4. The van der Waals surface area contributed by atoms with Crippen molar-refractivity contribution in [1.29, 1.82) is 0 Å². The number of urea groups is 1. The number of ether oxygens (including phenoxy) is 1. The lowest BCUT2D eigenvalue weighted by Gasteiger charge is -2.32. The number of amides is 2.